The average Bonchev–Trinajstić information content (AvgIpc) is 2.59. The molecule has 0 unspecified atom stereocenters. The third-order valence-corrected chi connectivity index (χ3v) is 5.16. The minimum absolute atomic E-state index is 0.0486. The molecule has 26 heavy (non-hydrogen) atoms. The van der Waals surface area contributed by atoms with E-state index in [0.29, 0.717) is 4.31 Å². The fourth-order valence-corrected chi connectivity index (χ4v) is 3.62. The van der Waals surface area contributed by atoms with Gasteiger partial charge in [-0.1, -0.05) is 6.07 Å². The first-order chi connectivity index (χ1) is 12.3. The van der Waals surface area contributed by atoms with E-state index in [1.807, 2.05) is 0 Å². The number of hydrogen-bond acceptors (Lipinski definition) is 5. The van der Waals surface area contributed by atoms with E-state index in [-0.39, 0.29) is 18.0 Å². The molecular weight excluding hydrogens is 368 g/mol. The maximum atomic E-state index is 13.9. The lowest BCUT2D eigenvalue weighted by Gasteiger charge is -2.23. The molecule has 0 fully saturated rings. The number of ether oxygens (including phenoxy) is 2. The van der Waals surface area contributed by atoms with E-state index in [9.17, 15) is 22.0 Å². The van der Waals surface area contributed by atoms with Crippen molar-refractivity contribution in [3.05, 3.63) is 54.1 Å². The molecule has 2 rings (SSSR count). The van der Waals surface area contributed by atoms with Crippen LogP contribution in [0.4, 0.5) is 14.5 Å². The van der Waals surface area contributed by atoms with Crippen LogP contribution in [0.3, 0.4) is 0 Å². The lowest BCUT2D eigenvalue weighted by molar-refractivity contribution is -0.141. The number of sulfonamides is 1. The fraction of sp³-hybridized carbons (Fsp3) is 0.235. The Labute approximate surface area is 150 Å². The van der Waals surface area contributed by atoms with Gasteiger partial charge in [0.1, 0.15) is 12.4 Å². The number of anilines is 1. The first-order valence-electron chi connectivity index (χ1n) is 7.57. The van der Waals surface area contributed by atoms with Gasteiger partial charge in [-0.3, -0.25) is 9.10 Å². The minimum atomic E-state index is -4.36. The van der Waals surface area contributed by atoms with Crippen molar-refractivity contribution in [2.24, 2.45) is 0 Å². The Morgan fingerprint density at radius 2 is 1.88 bits per heavy atom. The largest absolute Gasteiger partial charge is 0.494 e. The van der Waals surface area contributed by atoms with Crippen LogP contribution < -0.4 is 9.04 Å². The van der Waals surface area contributed by atoms with Gasteiger partial charge in [0.2, 0.25) is 0 Å². The van der Waals surface area contributed by atoms with Crippen LogP contribution in [0.2, 0.25) is 0 Å². The molecule has 0 bridgehead atoms. The second-order valence-electron chi connectivity index (χ2n) is 5.09. The average molecular weight is 385 g/mol. The Morgan fingerprint density at radius 3 is 2.46 bits per heavy atom. The lowest BCUT2D eigenvalue weighted by Crippen LogP contribution is -2.36. The summed E-state index contributed by atoms with van der Waals surface area (Å²) in [6, 6.07) is 7.76. The number of carbonyl (C=O) groups is 1. The van der Waals surface area contributed by atoms with Crippen molar-refractivity contribution < 1.29 is 31.5 Å². The zero-order chi connectivity index (χ0) is 19.3. The van der Waals surface area contributed by atoms with Crippen LogP contribution in [0.15, 0.2) is 47.4 Å². The number of rotatable bonds is 7. The van der Waals surface area contributed by atoms with E-state index in [2.05, 4.69) is 0 Å². The number of carbonyl (C=O) groups excluding carboxylic acids is 1. The normalized spacial score (nSPS) is 11.1. The fourth-order valence-electron chi connectivity index (χ4n) is 2.20. The predicted molar refractivity (Wildman–Crippen MR) is 90.5 cm³/mol. The molecule has 140 valence electrons. The highest BCUT2D eigenvalue weighted by Crippen LogP contribution is 2.27. The van der Waals surface area contributed by atoms with E-state index in [0.717, 1.165) is 30.3 Å². The summed E-state index contributed by atoms with van der Waals surface area (Å²) in [6.45, 7) is 0.929. The van der Waals surface area contributed by atoms with Gasteiger partial charge in [0.25, 0.3) is 10.0 Å². The lowest BCUT2D eigenvalue weighted by atomic mass is 10.3. The zero-order valence-electron chi connectivity index (χ0n) is 14.1. The number of methoxy groups -OCH3 is 1. The second kappa shape index (κ2) is 8.13. The number of esters is 1. The van der Waals surface area contributed by atoms with Crippen molar-refractivity contribution >= 4 is 21.7 Å². The summed E-state index contributed by atoms with van der Waals surface area (Å²) in [6.07, 6.45) is 0. The number of halogens is 2. The summed E-state index contributed by atoms with van der Waals surface area (Å²) >= 11 is 0. The van der Waals surface area contributed by atoms with Crippen LogP contribution >= 0.6 is 0 Å². The molecule has 0 aromatic heterocycles. The standard InChI is InChI=1S/C17H17F2NO5S/c1-3-25-17(21)11-20(13-6-4-5-12(18)9-13)26(22,23)14-7-8-16(24-2)15(19)10-14/h4-10H,3,11H2,1-2H3. The molecule has 0 saturated heterocycles. The molecule has 0 radical (unpaired) electrons. The SMILES string of the molecule is CCOC(=O)CN(c1cccc(F)c1)S(=O)(=O)c1ccc(OC)c(F)c1. The van der Waals surface area contributed by atoms with Gasteiger partial charge in [-0.2, -0.15) is 0 Å². The molecule has 0 aliphatic rings. The molecule has 0 amide bonds. The monoisotopic (exact) mass is 385 g/mol. The number of nitrogens with zero attached hydrogens (tertiary/aromatic N) is 1. The Hall–Kier alpha value is -2.68. The highest BCUT2D eigenvalue weighted by Gasteiger charge is 2.29. The summed E-state index contributed by atoms with van der Waals surface area (Å²) in [5.41, 5.74) is -0.0886. The van der Waals surface area contributed by atoms with Crippen molar-refractivity contribution in [2.75, 3.05) is 24.6 Å². The van der Waals surface area contributed by atoms with E-state index in [4.69, 9.17) is 9.47 Å². The van der Waals surface area contributed by atoms with Crippen molar-refractivity contribution in [1.29, 1.82) is 0 Å². The summed E-state index contributed by atoms with van der Waals surface area (Å²) in [4.78, 5) is 11.4. The summed E-state index contributed by atoms with van der Waals surface area (Å²) in [7, 11) is -3.12. The van der Waals surface area contributed by atoms with Crippen LogP contribution in [-0.2, 0) is 19.6 Å². The van der Waals surface area contributed by atoms with Gasteiger partial charge in [0.05, 0.1) is 24.3 Å². The minimum Gasteiger partial charge on any atom is -0.494 e. The maximum Gasteiger partial charge on any atom is 0.326 e. The third kappa shape index (κ3) is 4.29. The zero-order valence-corrected chi connectivity index (χ0v) is 14.9. The molecular formula is C17H17F2NO5S. The summed E-state index contributed by atoms with van der Waals surface area (Å²) < 4.78 is 63.5. The Bertz CT molecular complexity index is 902. The summed E-state index contributed by atoms with van der Waals surface area (Å²) in [5, 5.41) is 0. The quantitative estimate of drug-likeness (QED) is 0.686. The summed E-state index contributed by atoms with van der Waals surface area (Å²) in [5.74, 6) is -2.53. The Kier molecular flexibility index (Phi) is 6.14. The Morgan fingerprint density at radius 1 is 1.15 bits per heavy atom. The molecule has 6 nitrogen and oxygen atoms in total. The molecule has 0 aliphatic carbocycles. The topological polar surface area (TPSA) is 72.9 Å². The molecule has 9 heteroatoms. The van der Waals surface area contributed by atoms with Crippen molar-refractivity contribution in [3.8, 4) is 5.75 Å². The highest BCUT2D eigenvalue weighted by atomic mass is 32.2. The first kappa shape index (κ1) is 19.6. The number of hydrogen-bond donors (Lipinski definition) is 0. The van der Waals surface area contributed by atoms with Gasteiger partial charge in [-0.25, -0.2) is 17.2 Å². The van der Waals surface area contributed by atoms with Crippen LogP contribution in [0.5, 0.6) is 5.75 Å². The van der Waals surface area contributed by atoms with Crippen molar-refractivity contribution in [2.45, 2.75) is 11.8 Å². The molecule has 2 aromatic rings. The van der Waals surface area contributed by atoms with Crippen molar-refractivity contribution in [1.82, 2.24) is 0 Å². The van der Waals surface area contributed by atoms with Gasteiger partial charge >= 0.3 is 5.97 Å². The maximum absolute atomic E-state index is 13.9. The number of benzene rings is 2. The van der Waals surface area contributed by atoms with E-state index in [1.54, 1.807) is 6.92 Å². The molecule has 0 spiro atoms. The van der Waals surface area contributed by atoms with E-state index >= 15 is 0 Å². The predicted octanol–water partition coefficient (Wildman–Crippen LogP) is 2.73. The van der Waals surface area contributed by atoms with Crippen LogP contribution in [-0.4, -0.2) is 34.6 Å². The van der Waals surface area contributed by atoms with Crippen LogP contribution in [0.1, 0.15) is 6.92 Å². The van der Waals surface area contributed by atoms with Gasteiger partial charge in [-0.15, -0.1) is 0 Å². The van der Waals surface area contributed by atoms with Crippen LogP contribution in [0.25, 0.3) is 0 Å². The molecule has 0 N–H and O–H groups in total. The van der Waals surface area contributed by atoms with Gasteiger partial charge in [0.15, 0.2) is 11.6 Å². The van der Waals surface area contributed by atoms with Crippen LogP contribution in [0, 0.1) is 11.6 Å². The van der Waals surface area contributed by atoms with Crippen molar-refractivity contribution in [3.63, 3.8) is 0 Å². The molecule has 2 aromatic carbocycles. The highest BCUT2D eigenvalue weighted by molar-refractivity contribution is 7.92. The van der Waals surface area contributed by atoms with Gasteiger partial charge in [-0.05, 0) is 43.3 Å². The third-order valence-electron chi connectivity index (χ3n) is 3.39. The molecule has 0 aliphatic heterocycles. The van der Waals surface area contributed by atoms with Gasteiger partial charge in [0, 0.05) is 0 Å². The Balaban J connectivity index is 2.52. The van der Waals surface area contributed by atoms with E-state index < -0.39 is 39.1 Å². The smallest absolute Gasteiger partial charge is 0.326 e. The van der Waals surface area contributed by atoms with E-state index in [1.165, 1.54) is 19.2 Å². The molecule has 0 saturated carbocycles. The molecule has 0 atom stereocenters. The first-order valence-corrected chi connectivity index (χ1v) is 9.01. The van der Waals surface area contributed by atoms with Gasteiger partial charge < -0.3 is 9.47 Å². The second-order valence-corrected chi connectivity index (χ2v) is 6.96. The molecule has 0 heterocycles.